The Morgan fingerprint density at radius 3 is 1.94 bits per heavy atom. The van der Waals surface area contributed by atoms with Gasteiger partial charge in [0.15, 0.2) is 0 Å². The van der Waals surface area contributed by atoms with E-state index in [1.54, 1.807) is 0 Å². The Kier molecular flexibility index (Phi) is 4.15. The van der Waals surface area contributed by atoms with Crippen LogP contribution in [-0.4, -0.2) is 10.7 Å². The van der Waals surface area contributed by atoms with Gasteiger partial charge in [-0.25, -0.2) is 0 Å². The van der Waals surface area contributed by atoms with Crippen LogP contribution in [0.25, 0.3) is 0 Å². The number of benzene rings is 1. The minimum absolute atomic E-state index is 0.275. The monoisotopic (exact) mass is 220 g/mol. The molecule has 1 rings (SSSR count). The number of hydrogen-bond acceptors (Lipinski definition) is 1. The molecule has 0 saturated carbocycles. The van der Waals surface area contributed by atoms with Crippen LogP contribution in [0.4, 0.5) is 0 Å². The first-order valence-corrected chi connectivity index (χ1v) is 6.14. The van der Waals surface area contributed by atoms with Crippen LogP contribution in [0.5, 0.6) is 0 Å². The molecule has 0 spiro atoms. The molecule has 0 aliphatic rings. The fraction of sp³-hybridized carbons (Fsp3) is 0.600. The lowest BCUT2D eigenvalue weighted by atomic mass is 9.86. The molecule has 1 nitrogen and oxygen atoms in total. The molecule has 0 amide bonds. The van der Waals surface area contributed by atoms with E-state index in [0.29, 0.717) is 5.92 Å². The van der Waals surface area contributed by atoms with Crippen LogP contribution in [0.1, 0.15) is 51.7 Å². The van der Waals surface area contributed by atoms with Crippen LogP contribution in [0.15, 0.2) is 24.3 Å². The van der Waals surface area contributed by atoms with Crippen LogP contribution in [0.3, 0.4) is 0 Å². The Morgan fingerprint density at radius 2 is 1.56 bits per heavy atom. The van der Waals surface area contributed by atoms with E-state index < -0.39 is 5.60 Å². The molecule has 16 heavy (non-hydrogen) atoms. The fourth-order valence-corrected chi connectivity index (χ4v) is 1.64. The smallest absolute Gasteiger partial charge is 0.0682 e. The lowest BCUT2D eigenvalue weighted by Crippen LogP contribution is -2.33. The molecule has 0 aliphatic carbocycles. The first-order valence-electron chi connectivity index (χ1n) is 6.14. The molecule has 1 unspecified atom stereocenters. The maximum absolute atomic E-state index is 10.2. The van der Waals surface area contributed by atoms with Crippen molar-refractivity contribution < 1.29 is 5.11 Å². The highest BCUT2D eigenvalue weighted by molar-refractivity contribution is 5.25. The third-order valence-electron chi connectivity index (χ3n) is 3.45. The highest BCUT2D eigenvalue weighted by Gasteiger charge is 2.24. The molecule has 0 fully saturated rings. The average molecular weight is 220 g/mol. The Bertz CT molecular complexity index is 320. The molecule has 0 aromatic heterocycles. The van der Waals surface area contributed by atoms with E-state index in [2.05, 4.69) is 52.0 Å². The quantitative estimate of drug-likeness (QED) is 0.819. The van der Waals surface area contributed by atoms with Gasteiger partial charge in [-0.05, 0) is 29.9 Å². The summed E-state index contributed by atoms with van der Waals surface area (Å²) in [6, 6.07) is 8.59. The van der Waals surface area contributed by atoms with Crippen molar-refractivity contribution in [1.29, 1.82) is 0 Å². The van der Waals surface area contributed by atoms with Gasteiger partial charge in [-0.15, -0.1) is 0 Å². The Morgan fingerprint density at radius 1 is 1.06 bits per heavy atom. The van der Waals surface area contributed by atoms with Gasteiger partial charge in [0.2, 0.25) is 0 Å². The van der Waals surface area contributed by atoms with Crippen LogP contribution >= 0.6 is 0 Å². The van der Waals surface area contributed by atoms with Crippen molar-refractivity contribution >= 4 is 0 Å². The van der Waals surface area contributed by atoms with E-state index in [-0.39, 0.29) is 5.92 Å². The zero-order chi connectivity index (χ0) is 12.3. The molecular formula is C15H24O. The molecule has 1 heteroatoms. The van der Waals surface area contributed by atoms with Gasteiger partial charge < -0.3 is 5.11 Å². The standard InChI is InChI=1S/C15H24O/c1-11(2)14-8-6-13(7-9-14)10-15(5,16)12(3)4/h6-9,11-12,16H,10H2,1-5H3. The molecule has 1 N–H and O–H groups in total. The maximum atomic E-state index is 10.2. The zero-order valence-corrected chi connectivity index (χ0v) is 11.1. The van der Waals surface area contributed by atoms with E-state index in [1.165, 1.54) is 11.1 Å². The summed E-state index contributed by atoms with van der Waals surface area (Å²) in [5, 5.41) is 10.2. The Labute approximate surface area is 99.5 Å². The van der Waals surface area contributed by atoms with Crippen LogP contribution in [0.2, 0.25) is 0 Å². The summed E-state index contributed by atoms with van der Waals surface area (Å²) < 4.78 is 0. The van der Waals surface area contributed by atoms with Gasteiger partial charge in [0.1, 0.15) is 0 Å². The summed E-state index contributed by atoms with van der Waals surface area (Å²) in [7, 11) is 0. The lowest BCUT2D eigenvalue weighted by molar-refractivity contribution is 0.0139. The van der Waals surface area contributed by atoms with Crippen molar-refractivity contribution in [1.82, 2.24) is 0 Å². The van der Waals surface area contributed by atoms with Crippen molar-refractivity contribution in [3.8, 4) is 0 Å². The average Bonchev–Trinajstić information content (AvgIpc) is 2.17. The van der Waals surface area contributed by atoms with Crippen molar-refractivity contribution in [2.24, 2.45) is 5.92 Å². The molecule has 0 radical (unpaired) electrons. The van der Waals surface area contributed by atoms with E-state index in [0.717, 1.165) is 6.42 Å². The third kappa shape index (κ3) is 3.34. The van der Waals surface area contributed by atoms with Crippen molar-refractivity contribution in [2.45, 2.75) is 52.6 Å². The van der Waals surface area contributed by atoms with Crippen LogP contribution < -0.4 is 0 Å². The minimum Gasteiger partial charge on any atom is -0.390 e. The van der Waals surface area contributed by atoms with Gasteiger partial charge in [-0.2, -0.15) is 0 Å². The minimum atomic E-state index is -0.612. The van der Waals surface area contributed by atoms with Crippen molar-refractivity contribution in [3.05, 3.63) is 35.4 Å². The summed E-state index contributed by atoms with van der Waals surface area (Å²) in [6.45, 7) is 10.4. The second-order valence-corrected chi connectivity index (χ2v) is 5.58. The van der Waals surface area contributed by atoms with Gasteiger partial charge in [0.25, 0.3) is 0 Å². The molecule has 0 aliphatic heterocycles. The summed E-state index contributed by atoms with van der Waals surface area (Å²) >= 11 is 0. The summed E-state index contributed by atoms with van der Waals surface area (Å²) in [4.78, 5) is 0. The largest absolute Gasteiger partial charge is 0.390 e. The van der Waals surface area contributed by atoms with Gasteiger partial charge in [-0.1, -0.05) is 52.0 Å². The predicted octanol–water partition coefficient (Wildman–Crippen LogP) is 3.76. The summed E-state index contributed by atoms with van der Waals surface area (Å²) in [5.41, 5.74) is 1.95. The summed E-state index contributed by atoms with van der Waals surface area (Å²) in [6.07, 6.45) is 0.725. The number of rotatable bonds is 4. The SMILES string of the molecule is CC(C)c1ccc(CC(C)(O)C(C)C)cc1. The molecule has 1 atom stereocenters. The molecule has 0 saturated heterocycles. The normalized spacial score (nSPS) is 15.5. The van der Waals surface area contributed by atoms with E-state index >= 15 is 0 Å². The van der Waals surface area contributed by atoms with Gasteiger partial charge in [0.05, 0.1) is 5.60 Å². The van der Waals surface area contributed by atoms with Crippen LogP contribution in [-0.2, 0) is 6.42 Å². The molecule has 1 aromatic carbocycles. The Balaban J connectivity index is 2.76. The summed E-state index contributed by atoms with van der Waals surface area (Å²) in [5.74, 6) is 0.844. The molecule has 0 bridgehead atoms. The molecule has 0 heterocycles. The highest BCUT2D eigenvalue weighted by Crippen LogP contribution is 2.23. The zero-order valence-electron chi connectivity index (χ0n) is 11.1. The van der Waals surface area contributed by atoms with Crippen LogP contribution in [0, 0.1) is 5.92 Å². The van der Waals surface area contributed by atoms with Gasteiger partial charge >= 0.3 is 0 Å². The van der Waals surface area contributed by atoms with Crippen molar-refractivity contribution in [2.75, 3.05) is 0 Å². The number of hydrogen-bond donors (Lipinski definition) is 1. The van der Waals surface area contributed by atoms with E-state index in [1.807, 2.05) is 6.92 Å². The Hall–Kier alpha value is -0.820. The highest BCUT2D eigenvalue weighted by atomic mass is 16.3. The third-order valence-corrected chi connectivity index (χ3v) is 3.45. The van der Waals surface area contributed by atoms with E-state index in [4.69, 9.17) is 0 Å². The second kappa shape index (κ2) is 5.01. The first-order chi connectivity index (χ1) is 7.33. The molecule has 1 aromatic rings. The molecular weight excluding hydrogens is 196 g/mol. The number of aliphatic hydroxyl groups is 1. The lowest BCUT2D eigenvalue weighted by Gasteiger charge is -2.27. The van der Waals surface area contributed by atoms with E-state index in [9.17, 15) is 5.11 Å². The first kappa shape index (κ1) is 13.2. The van der Waals surface area contributed by atoms with Gasteiger partial charge in [0, 0.05) is 6.42 Å². The fourth-order valence-electron chi connectivity index (χ4n) is 1.64. The van der Waals surface area contributed by atoms with Gasteiger partial charge in [-0.3, -0.25) is 0 Å². The maximum Gasteiger partial charge on any atom is 0.0682 e. The topological polar surface area (TPSA) is 20.2 Å². The predicted molar refractivity (Wildman–Crippen MR) is 69.7 cm³/mol. The van der Waals surface area contributed by atoms with Crippen molar-refractivity contribution in [3.63, 3.8) is 0 Å². The second-order valence-electron chi connectivity index (χ2n) is 5.58. The molecule has 90 valence electrons.